The van der Waals surface area contributed by atoms with Crippen molar-refractivity contribution in [1.29, 1.82) is 0 Å². The molecule has 0 unspecified atom stereocenters. The lowest BCUT2D eigenvalue weighted by atomic mass is 10.2. The van der Waals surface area contributed by atoms with Crippen LogP contribution in [0.15, 0.2) is 18.2 Å². The predicted molar refractivity (Wildman–Crippen MR) is 49.7 cm³/mol. The van der Waals surface area contributed by atoms with Crippen LogP contribution in [0.5, 0.6) is 0 Å². The van der Waals surface area contributed by atoms with Crippen LogP contribution in [0.2, 0.25) is 5.02 Å². The van der Waals surface area contributed by atoms with Crippen LogP contribution in [0.3, 0.4) is 0 Å². The maximum atomic E-state index is 12.3. The molecule has 3 N–H and O–H groups in total. The fourth-order valence-electron chi connectivity index (χ4n) is 0.968. The number of nitrogens with one attached hydrogen (secondary N) is 1. The number of halogens is 4. The van der Waals surface area contributed by atoms with Crippen molar-refractivity contribution in [1.82, 2.24) is 0 Å². The molecule has 2 amide bonds. The van der Waals surface area contributed by atoms with Gasteiger partial charge in [0.2, 0.25) is 0 Å². The van der Waals surface area contributed by atoms with Crippen molar-refractivity contribution in [2.75, 3.05) is 5.32 Å². The average molecular weight is 239 g/mol. The van der Waals surface area contributed by atoms with E-state index in [1.54, 1.807) is 0 Å². The Kier molecular flexibility index (Phi) is 3.09. The smallest absolute Gasteiger partial charge is 0.351 e. The van der Waals surface area contributed by atoms with Gasteiger partial charge in [-0.3, -0.25) is 0 Å². The number of primary amides is 1. The number of urea groups is 1. The standard InChI is InChI=1S/C8H6ClF3N2O/c9-5-1-4(8(10,11)12)2-6(3-5)14-7(13)15/h1-3H,(H3,13,14,15). The van der Waals surface area contributed by atoms with Crippen LogP contribution in [0.4, 0.5) is 23.7 Å². The highest BCUT2D eigenvalue weighted by molar-refractivity contribution is 6.31. The largest absolute Gasteiger partial charge is 0.416 e. The van der Waals surface area contributed by atoms with Crippen LogP contribution in [0.25, 0.3) is 0 Å². The van der Waals surface area contributed by atoms with Crippen LogP contribution < -0.4 is 11.1 Å². The molecule has 0 atom stereocenters. The van der Waals surface area contributed by atoms with E-state index in [2.05, 4.69) is 0 Å². The van der Waals surface area contributed by atoms with Gasteiger partial charge in [-0.05, 0) is 18.2 Å². The first-order valence-electron chi connectivity index (χ1n) is 3.73. The zero-order chi connectivity index (χ0) is 11.6. The highest BCUT2D eigenvalue weighted by Crippen LogP contribution is 2.33. The maximum absolute atomic E-state index is 12.3. The van der Waals surface area contributed by atoms with Crippen molar-refractivity contribution in [2.45, 2.75) is 6.18 Å². The number of nitrogens with two attached hydrogens (primary N) is 1. The zero-order valence-corrected chi connectivity index (χ0v) is 7.99. The van der Waals surface area contributed by atoms with Crippen LogP contribution in [0.1, 0.15) is 5.56 Å². The van der Waals surface area contributed by atoms with E-state index in [0.29, 0.717) is 0 Å². The molecule has 0 fully saturated rings. The third-order valence-corrected chi connectivity index (χ3v) is 1.71. The maximum Gasteiger partial charge on any atom is 0.416 e. The van der Waals surface area contributed by atoms with Gasteiger partial charge in [-0.25, -0.2) is 4.79 Å². The molecule has 1 aromatic carbocycles. The average Bonchev–Trinajstić information content (AvgIpc) is 1.99. The first-order valence-corrected chi connectivity index (χ1v) is 4.11. The summed E-state index contributed by atoms with van der Waals surface area (Å²) in [5, 5.41) is 1.88. The van der Waals surface area contributed by atoms with Gasteiger partial charge in [0.1, 0.15) is 0 Å². The summed E-state index contributed by atoms with van der Waals surface area (Å²) in [5.41, 5.74) is 3.72. The fraction of sp³-hybridized carbons (Fsp3) is 0.125. The lowest BCUT2D eigenvalue weighted by Gasteiger charge is -2.09. The summed E-state index contributed by atoms with van der Waals surface area (Å²) in [4.78, 5) is 10.4. The van der Waals surface area contributed by atoms with Crippen molar-refractivity contribution < 1.29 is 18.0 Å². The molecule has 0 radical (unpaired) electrons. The second kappa shape index (κ2) is 3.98. The minimum Gasteiger partial charge on any atom is -0.351 e. The minimum atomic E-state index is -4.51. The van der Waals surface area contributed by atoms with Gasteiger partial charge in [0, 0.05) is 10.7 Å². The topological polar surface area (TPSA) is 55.1 Å². The Hall–Kier alpha value is -1.43. The number of hydrogen-bond acceptors (Lipinski definition) is 1. The molecule has 7 heteroatoms. The monoisotopic (exact) mass is 238 g/mol. The molecule has 0 aliphatic heterocycles. The molecule has 0 heterocycles. The number of anilines is 1. The quantitative estimate of drug-likeness (QED) is 0.777. The molecule has 82 valence electrons. The summed E-state index contributed by atoms with van der Waals surface area (Å²) >= 11 is 5.45. The van der Waals surface area contributed by atoms with E-state index in [1.165, 1.54) is 6.07 Å². The number of carbonyl (C=O) groups is 1. The normalized spacial score (nSPS) is 11.2. The van der Waals surface area contributed by atoms with E-state index < -0.39 is 17.8 Å². The van der Waals surface area contributed by atoms with Gasteiger partial charge in [0.15, 0.2) is 0 Å². The number of hydrogen-bond donors (Lipinski definition) is 2. The van der Waals surface area contributed by atoms with E-state index >= 15 is 0 Å². The first-order chi connectivity index (χ1) is 6.79. The Bertz CT molecular complexity index is 392. The summed E-state index contributed by atoms with van der Waals surface area (Å²) in [6.07, 6.45) is -4.51. The molecular formula is C8H6ClF3N2O. The molecule has 0 bridgehead atoms. The van der Waals surface area contributed by atoms with Crippen LogP contribution in [0, 0.1) is 0 Å². The summed E-state index contributed by atoms with van der Waals surface area (Å²) < 4.78 is 36.8. The second-order valence-corrected chi connectivity index (χ2v) is 3.15. The summed E-state index contributed by atoms with van der Waals surface area (Å²) in [5.74, 6) is 0. The summed E-state index contributed by atoms with van der Waals surface area (Å²) in [6.45, 7) is 0. The van der Waals surface area contributed by atoms with Gasteiger partial charge in [-0.1, -0.05) is 11.6 Å². The van der Waals surface area contributed by atoms with Crippen LogP contribution in [-0.4, -0.2) is 6.03 Å². The highest BCUT2D eigenvalue weighted by atomic mass is 35.5. The second-order valence-electron chi connectivity index (χ2n) is 2.72. The molecule has 1 rings (SSSR count). The van der Waals surface area contributed by atoms with Gasteiger partial charge in [-0.2, -0.15) is 13.2 Å². The van der Waals surface area contributed by atoms with Crippen molar-refractivity contribution in [2.24, 2.45) is 5.73 Å². The van der Waals surface area contributed by atoms with Crippen molar-refractivity contribution in [3.05, 3.63) is 28.8 Å². The molecule has 0 aliphatic carbocycles. The Morgan fingerprint density at radius 3 is 2.40 bits per heavy atom. The fourth-order valence-corrected chi connectivity index (χ4v) is 1.20. The number of rotatable bonds is 1. The van der Waals surface area contributed by atoms with Crippen molar-refractivity contribution >= 4 is 23.3 Å². The van der Waals surface area contributed by atoms with Gasteiger partial charge in [0.25, 0.3) is 0 Å². The number of alkyl halides is 3. The Labute approximate surface area is 88.0 Å². The highest BCUT2D eigenvalue weighted by Gasteiger charge is 2.31. The van der Waals surface area contributed by atoms with Crippen LogP contribution >= 0.6 is 11.6 Å². The molecular weight excluding hydrogens is 233 g/mol. The van der Waals surface area contributed by atoms with Gasteiger partial charge in [0.05, 0.1) is 5.56 Å². The predicted octanol–water partition coefficient (Wildman–Crippen LogP) is 2.85. The van der Waals surface area contributed by atoms with Crippen LogP contribution in [-0.2, 0) is 6.18 Å². The zero-order valence-electron chi connectivity index (χ0n) is 7.23. The number of benzene rings is 1. The molecule has 0 spiro atoms. The Morgan fingerprint density at radius 2 is 1.93 bits per heavy atom. The molecule has 0 saturated carbocycles. The van der Waals surface area contributed by atoms with E-state index in [1.807, 2.05) is 5.32 Å². The van der Waals surface area contributed by atoms with E-state index in [0.717, 1.165) is 12.1 Å². The van der Waals surface area contributed by atoms with E-state index in [4.69, 9.17) is 17.3 Å². The first kappa shape index (κ1) is 11.6. The van der Waals surface area contributed by atoms with Crippen molar-refractivity contribution in [3.8, 4) is 0 Å². The number of amides is 2. The molecule has 0 aromatic heterocycles. The molecule has 3 nitrogen and oxygen atoms in total. The van der Waals surface area contributed by atoms with E-state index in [9.17, 15) is 18.0 Å². The Morgan fingerprint density at radius 1 is 1.33 bits per heavy atom. The molecule has 15 heavy (non-hydrogen) atoms. The minimum absolute atomic E-state index is 0.0951. The third-order valence-electron chi connectivity index (χ3n) is 1.49. The summed E-state index contributed by atoms with van der Waals surface area (Å²) in [6, 6.07) is 1.72. The number of carbonyl (C=O) groups excluding carboxylic acids is 1. The summed E-state index contributed by atoms with van der Waals surface area (Å²) in [7, 11) is 0. The molecule has 0 aliphatic rings. The molecule has 0 saturated heterocycles. The van der Waals surface area contributed by atoms with Crippen molar-refractivity contribution in [3.63, 3.8) is 0 Å². The Balaban J connectivity index is 3.11. The molecule has 1 aromatic rings. The SMILES string of the molecule is NC(=O)Nc1cc(Cl)cc(C(F)(F)F)c1. The van der Waals surface area contributed by atoms with Gasteiger partial charge < -0.3 is 11.1 Å². The van der Waals surface area contributed by atoms with Gasteiger partial charge in [-0.15, -0.1) is 0 Å². The lowest BCUT2D eigenvalue weighted by molar-refractivity contribution is -0.137. The lowest BCUT2D eigenvalue weighted by Crippen LogP contribution is -2.19. The van der Waals surface area contributed by atoms with E-state index in [-0.39, 0.29) is 10.7 Å². The van der Waals surface area contributed by atoms with Gasteiger partial charge >= 0.3 is 12.2 Å². The third kappa shape index (κ3) is 3.32.